The molecule has 0 aliphatic heterocycles. The minimum absolute atomic E-state index is 0.493. The van der Waals surface area contributed by atoms with E-state index < -0.39 is 0 Å². The van der Waals surface area contributed by atoms with Crippen molar-refractivity contribution < 1.29 is 0 Å². The second kappa shape index (κ2) is 9.78. The normalized spacial score (nSPS) is 11.9. The first kappa shape index (κ1) is 26.5. The van der Waals surface area contributed by atoms with Crippen LogP contribution in [0.2, 0.25) is 0 Å². The molecule has 0 radical (unpaired) electrons. The Kier molecular flexibility index (Phi) is 5.62. The maximum atomic E-state index is 5.19. The van der Waals surface area contributed by atoms with E-state index in [1.54, 1.807) is 6.20 Å². The summed E-state index contributed by atoms with van der Waals surface area (Å²) in [6.07, 6.45) is 18.3. The Labute approximate surface area is 266 Å². The van der Waals surface area contributed by atoms with Crippen LogP contribution in [0.5, 0.6) is 0 Å². The lowest BCUT2D eigenvalue weighted by Gasteiger charge is -2.15. The van der Waals surface area contributed by atoms with Gasteiger partial charge < -0.3 is 28.9 Å². The van der Waals surface area contributed by atoms with E-state index in [4.69, 9.17) is 19.9 Å². The molecular weight excluding hydrogens is 597 g/mol. The molecule has 8 aromatic heterocycles. The van der Waals surface area contributed by atoms with Crippen LogP contribution in [0.4, 0.5) is 22.7 Å². The molecule has 0 spiro atoms. The molecule has 12 nitrogen and oxygen atoms in total. The van der Waals surface area contributed by atoms with Crippen LogP contribution in [0.15, 0.2) is 85.4 Å². The number of hydrogen-bond donors (Lipinski definition) is 2. The zero-order valence-corrected chi connectivity index (χ0v) is 26.3. The fraction of sp³-hybridized carbons (Fsp3) is 0.121. The van der Waals surface area contributed by atoms with Crippen LogP contribution in [0, 0.1) is 0 Å². The molecule has 46 heavy (non-hydrogen) atoms. The number of rotatable bonds is 7. The monoisotopic (exact) mass is 624 g/mol. The largest absolute Gasteiger partial charge is 0.355 e. The predicted octanol–water partition coefficient (Wildman–Crippen LogP) is 6.56. The van der Waals surface area contributed by atoms with Crippen LogP contribution in [0.25, 0.3) is 61.2 Å². The molecule has 8 heterocycles. The Bertz CT molecular complexity index is 2380. The van der Waals surface area contributed by atoms with Crippen LogP contribution in [-0.4, -0.2) is 47.6 Å². The molecule has 2 N–H and O–H groups in total. The van der Waals surface area contributed by atoms with Crippen molar-refractivity contribution in [1.82, 2.24) is 47.6 Å². The zero-order valence-electron chi connectivity index (χ0n) is 25.5. The Morgan fingerprint density at radius 1 is 0.609 bits per heavy atom. The average Bonchev–Trinajstić information content (AvgIpc) is 3.87. The first-order chi connectivity index (χ1) is 22.4. The van der Waals surface area contributed by atoms with Crippen LogP contribution in [0.3, 0.4) is 0 Å². The Hall–Kier alpha value is -5.95. The molecule has 9 aromatic rings. The molecule has 0 amide bonds. The molecule has 0 unspecified atom stereocenters. The van der Waals surface area contributed by atoms with Crippen LogP contribution >= 0.6 is 11.3 Å². The quantitative estimate of drug-likeness (QED) is 0.206. The van der Waals surface area contributed by atoms with Crippen molar-refractivity contribution in [3.63, 3.8) is 0 Å². The maximum absolute atomic E-state index is 5.19. The highest BCUT2D eigenvalue weighted by atomic mass is 32.1. The van der Waals surface area contributed by atoms with Crippen molar-refractivity contribution in [1.29, 1.82) is 0 Å². The van der Waals surface area contributed by atoms with Crippen LogP contribution in [0.1, 0.15) is 0 Å². The second-order valence-electron chi connectivity index (χ2n) is 11.6. The van der Waals surface area contributed by atoms with E-state index in [0.717, 1.165) is 61.6 Å². The second-order valence-corrected chi connectivity index (χ2v) is 12.5. The van der Waals surface area contributed by atoms with Gasteiger partial charge in [0, 0.05) is 111 Å². The van der Waals surface area contributed by atoms with Crippen molar-refractivity contribution in [3.8, 4) is 33.3 Å². The van der Waals surface area contributed by atoms with E-state index in [1.165, 1.54) is 11.3 Å². The van der Waals surface area contributed by atoms with Gasteiger partial charge in [0.15, 0.2) is 10.8 Å². The summed E-state index contributed by atoms with van der Waals surface area (Å²) in [5.74, 6) is 1.52. The average molecular weight is 625 g/mol. The van der Waals surface area contributed by atoms with Gasteiger partial charge in [-0.25, -0.2) is 19.4 Å². The van der Waals surface area contributed by atoms with Gasteiger partial charge in [0.05, 0.1) is 39.7 Å². The SMILES string of the molecule is Cn1ccc(Nc2cn(C)cc2-c2nc3nc(-c4nccs4)nc4nc(-c5cn(C)cc5Nc5ccn(C)c5)c5ccc2c5n34)c1. The first-order valence-electron chi connectivity index (χ1n) is 14.7. The molecule has 226 valence electrons. The van der Waals surface area contributed by atoms with Gasteiger partial charge in [0.2, 0.25) is 11.6 Å². The Morgan fingerprint density at radius 3 is 1.61 bits per heavy atom. The standard InChI is InChI=1S/C33H28N12S/c1-41-10-7-19(13-41)35-25-17-43(3)15-23(25)27-21-5-6-22-28(24-16-44(4)18-26(24)36-20-8-11-42(2)14-20)38-33-40-30(31-34-9-12-46-31)39-32(37-27)45(33)29(21)22/h5-18,35-36H,1-4H3. The fourth-order valence-corrected chi connectivity index (χ4v) is 6.79. The molecule has 0 saturated carbocycles. The third-order valence-corrected chi connectivity index (χ3v) is 8.93. The summed E-state index contributed by atoms with van der Waals surface area (Å²) in [4.78, 5) is 24.8. The lowest BCUT2D eigenvalue weighted by Crippen LogP contribution is -2.08. The van der Waals surface area contributed by atoms with E-state index in [-0.39, 0.29) is 0 Å². The summed E-state index contributed by atoms with van der Waals surface area (Å²) in [5.41, 5.74) is 8.46. The Morgan fingerprint density at radius 2 is 1.15 bits per heavy atom. The number of aromatic nitrogens is 10. The molecule has 0 aliphatic rings. The molecule has 0 fully saturated rings. The number of nitrogens with one attached hydrogen (secondary N) is 2. The summed E-state index contributed by atoms with van der Waals surface area (Å²) in [6.45, 7) is 0. The van der Waals surface area contributed by atoms with Gasteiger partial charge in [0.25, 0.3) is 0 Å². The van der Waals surface area contributed by atoms with Crippen molar-refractivity contribution in [2.75, 3.05) is 10.6 Å². The van der Waals surface area contributed by atoms with Gasteiger partial charge in [-0.2, -0.15) is 9.97 Å². The molecule has 9 rings (SSSR count). The van der Waals surface area contributed by atoms with Gasteiger partial charge in [0.1, 0.15) is 0 Å². The minimum Gasteiger partial charge on any atom is -0.355 e. The van der Waals surface area contributed by atoms with Gasteiger partial charge in [-0.05, 0) is 24.3 Å². The minimum atomic E-state index is 0.493. The molecule has 0 bridgehead atoms. The van der Waals surface area contributed by atoms with Gasteiger partial charge >= 0.3 is 0 Å². The third kappa shape index (κ3) is 4.16. The smallest absolute Gasteiger partial charge is 0.239 e. The van der Waals surface area contributed by atoms with E-state index in [9.17, 15) is 0 Å². The number of nitrogens with zero attached hydrogens (tertiary/aromatic N) is 10. The zero-order chi connectivity index (χ0) is 31.1. The topological polar surface area (TPSA) is 113 Å². The fourth-order valence-electron chi connectivity index (χ4n) is 6.22. The molecular formula is C33H28N12S. The highest BCUT2D eigenvalue weighted by molar-refractivity contribution is 7.13. The van der Waals surface area contributed by atoms with Crippen LogP contribution in [-0.2, 0) is 28.2 Å². The summed E-state index contributed by atoms with van der Waals surface area (Å²) in [7, 11) is 8.07. The van der Waals surface area contributed by atoms with Crippen molar-refractivity contribution in [3.05, 3.63) is 85.4 Å². The molecule has 1 aromatic carbocycles. The number of hydrogen-bond acceptors (Lipinski definition) is 8. The predicted molar refractivity (Wildman–Crippen MR) is 182 cm³/mol. The Balaban J connectivity index is 1.31. The summed E-state index contributed by atoms with van der Waals surface area (Å²) in [5, 5.41) is 11.8. The molecule has 0 atom stereocenters. The lowest BCUT2D eigenvalue weighted by molar-refractivity contribution is 0.927. The van der Waals surface area contributed by atoms with Gasteiger partial charge in [-0.15, -0.1) is 11.3 Å². The third-order valence-electron chi connectivity index (χ3n) is 8.16. The van der Waals surface area contributed by atoms with Crippen molar-refractivity contribution >= 4 is 61.9 Å². The molecule has 13 heteroatoms. The highest BCUT2D eigenvalue weighted by Gasteiger charge is 2.25. The lowest BCUT2D eigenvalue weighted by atomic mass is 10.1. The summed E-state index contributed by atoms with van der Waals surface area (Å²) >= 11 is 1.49. The molecule has 0 saturated heterocycles. The highest BCUT2D eigenvalue weighted by Crippen LogP contribution is 2.42. The van der Waals surface area contributed by atoms with E-state index >= 15 is 0 Å². The van der Waals surface area contributed by atoms with Crippen molar-refractivity contribution in [2.45, 2.75) is 0 Å². The van der Waals surface area contributed by atoms with Gasteiger partial charge in [-0.1, -0.05) is 0 Å². The number of thiazole rings is 1. The van der Waals surface area contributed by atoms with Gasteiger partial charge in [-0.3, -0.25) is 0 Å². The van der Waals surface area contributed by atoms with E-state index in [0.29, 0.717) is 22.4 Å². The maximum Gasteiger partial charge on any atom is 0.239 e. The van der Waals surface area contributed by atoms with Crippen molar-refractivity contribution in [2.24, 2.45) is 28.2 Å². The number of aryl methyl sites for hydroxylation is 4. The molecule has 0 aliphatic carbocycles. The van der Waals surface area contributed by atoms with E-state index in [1.807, 2.05) is 68.6 Å². The van der Waals surface area contributed by atoms with E-state index in [2.05, 4.69) is 77.1 Å². The summed E-state index contributed by atoms with van der Waals surface area (Å²) < 4.78 is 10.1. The summed E-state index contributed by atoms with van der Waals surface area (Å²) in [6, 6.07) is 8.37. The van der Waals surface area contributed by atoms with Crippen LogP contribution < -0.4 is 10.6 Å². The first-order valence-corrected chi connectivity index (χ1v) is 15.6. The number of anilines is 4.